The number of pyridine rings is 1. The molecule has 8 nitrogen and oxygen atoms in total. The molecule has 5 rings (SSSR count). The van der Waals surface area contributed by atoms with Gasteiger partial charge in [0, 0.05) is 56.1 Å². The summed E-state index contributed by atoms with van der Waals surface area (Å²) in [4.78, 5) is 41.3. The summed E-state index contributed by atoms with van der Waals surface area (Å²) in [5.74, 6) is 0.804. The van der Waals surface area contributed by atoms with Gasteiger partial charge in [-0.3, -0.25) is 14.6 Å². The Bertz CT molecular complexity index is 1150. The standard InChI is InChI=1S/C26H29N5O3S/c1-29-15-20(16-29)26(33)30-12-9-23(25-28-22(18-35-25)19-7-10-27-11-8-19)31(14-13-30)24(32)17-34-21-5-3-2-4-6-21/h2-8,10-11,18,20,23H,9,12-17H2,1H3. The second-order valence-corrected chi connectivity index (χ2v) is 9.93. The molecule has 2 amide bonds. The summed E-state index contributed by atoms with van der Waals surface area (Å²) in [5.41, 5.74) is 1.86. The summed E-state index contributed by atoms with van der Waals surface area (Å²) < 4.78 is 5.77. The lowest BCUT2D eigenvalue weighted by atomic mass is 9.99. The van der Waals surface area contributed by atoms with Gasteiger partial charge in [0.2, 0.25) is 5.91 Å². The molecule has 1 aromatic carbocycles. The van der Waals surface area contributed by atoms with E-state index in [1.165, 1.54) is 0 Å². The van der Waals surface area contributed by atoms with Crippen molar-refractivity contribution < 1.29 is 14.3 Å². The topological polar surface area (TPSA) is 78.9 Å². The molecule has 2 saturated heterocycles. The maximum atomic E-state index is 13.4. The molecular formula is C26H29N5O3S. The van der Waals surface area contributed by atoms with Crippen LogP contribution in [0.3, 0.4) is 0 Å². The van der Waals surface area contributed by atoms with E-state index in [0.717, 1.165) is 29.4 Å². The number of aromatic nitrogens is 2. The fraction of sp³-hybridized carbons (Fsp3) is 0.385. The molecule has 3 aromatic rings. The molecule has 1 atom stereocenters. The van der Waals surface area contributed by atoms with Crippen LogP contribution in [0.25, 0.3) is 11.3 Å². The zero-order chi connectivity index (χ0) is 24.2. The van der Waals surface area contributed by atoms with Gasteiger partial charge in [-0.05, 0) is 37.7 Å². The number of amides is 2. The van der Waals surface area contributed by atoms with Gasteiger partial charge in [-0.1, -0.05) is 18.2 Å². The minimum absolute atomic E-state index is 0.0511. The largest absolute Gasteiger partial charge is 0.484 e. The van der Waals surface area contributed by atoms with Crippen molar-refractivity contribution in [3.05, 3.63) is 65.2 Å². The van der Waals surface area contributed by atoms with Gasteiger partial charge < -0.3 is 19.4 Å². The van der Waals surface area contributed by atoms with Gasteiger partial charge in [-0.2, -0.15) is 0 Å². The number of likely N-dealkylation sites (tertiary alicyclic amines) is 1. The smallest absolute Gasteiger partial charge is 0.261 e. The number of hydrogen-bond donors (Lipinski definition) is 0. The number of carbonyl (C=O) groups excluding carboxylic acids is 2. The maximum Gasteiger partial charge on any atom is 0.261 e. The van der Waals surface area contributed by atoms with Crippen LogP contribution in [-0.2, 0) is 9.59 Å². The summed E-state index contributed by atoms with van der Waals surface area (Å²) in [6, 6.07) is 13.0. The number of carbonyl (C=O) groups is 2. The molecule has 35 heavy (non-hydrogen) atoms. The van der Waals surface area contributed by atoms with E-state index in [1.807, 2.05) is 64.7 Å². The number of rotatable bonds is 6. The molecule has 2 fully saturated rings. The fourth-order valence-electron chi connectivity index (χ4n) is 4.66. The number of nitrogens with zero attached hydrogens (tertiary/aromatic N) is 5. The van der Waals surface area contributed by atoms with Crippen LogP contribution in [0.5, 0.6) is 5.75 Å². The molecule has 1 unspecified atom stereocenters. The third-order valence-corrected chi connectivity index (χ3v) is 7.54. The van der Waals surface area contributed by atoms with E-state index >= 15 is 0 Å². The van der Waals surface area contributed by atoms with Gasteiger partial charge in [-0.15, -0.1) is 11.3 Å². The second-order valence-electron chi connectivity index (χ2n) is 9.04. The minimum atomic E-state index is -0.204. The van der Waals surface area contributed by atoms with Gasteiger partial charge in [0.25, 0.3) is 5.91 Å². The van der Waals surface area contributed by atoms with Gasteiger partial charge in [0.05, 0.1) is 17.7 Å². The summed E-state index contributed by atoms with van der Waals surface area (Å²) in [7, 11) is 2.03. The van der Waals surface area contributed by atoms with Crippen molar-refractivity contribution in [3.63, 3.8) is 0 Å². The normalized spacial score (nSPS) is 19.2. The molecule has 9 heteroatoms. The molecule has 0 saturated carbocycles. The molecule has 4 heterocycles. The van der Waals surface area contributed by atoms with Crippen LogP contribution in [0, 0.1) is 5.92 Å². The zero-order valence-electron chi connectivity index (χ0n) is 19.7. The monoisotopic (exact) mass is 491 g/mol. The summed E-state index contributed by atoms with van der Waals surface area (Å²) in [6.45, 7) is 3.14. The van der Waals surface area contributed by atoms with E-state index in [1.54, 1.807) is 23.7 Å². The number of ether oxygens (including phenoxy) is 1. The lowest BCUT2D eigenvalue weighted by Gasteiger charge is -2.38. The molecule has 0 N–H and O–H groups in total. The molecule has 0 bridgehead atoms. The third-order valence-electron chi connectivity index (χ3n) is 6.59. The van der Waals surface area contributed by atoms with Crippen LogP contribution in [0.2, 0.25) is 0 Å². The average molecular weight is 492 g/mol. The minimum Gasteiger partial charge on any atom is -0.484 e. The van der Waals surface area contributed by atoms with E-state index in [2.05, 4.69) is 9.88 Å². The Hall–Kier alpha value is -3.30. The van der Waals surface area contributed by atoms with Crippen molar-refractivity contribution in [2.24, 2.45) is 5.92 Å². The summed E-state index contributed by atoms with van der Waals surface area (Å²) in [6.07, 6.45) is 4.14. The maximum absolute atomic E-state index is 13.4. The van der Waals surface area contributed by atoms with E-state index in [4.69, 9.17) is 9.72 Å². The first kappa shape index (κ1) is 23.4. The Balaban J connectivity index is 1.35. The van der Waals surface area contributed by atoms with Crippen LogP contribution in [-0.4, -0.2) is 82.9 Å². The zero-order valence-corrected chi connectivity index (χ0v) is 20.6. The lowest BCUT2D eigenvalue weighted by molar-refractivity contribution is -0.141. The Labute approximate surface area is 209 Å². The van der Waals surface area contributed by atoms with Gasteiger partial charge in [0.15, 0.2) is 6.61 Å². The van der Waals surface area contributed by atoms with Crippen molar-refractivity contribution in [1.82, 2.24) is 24.7 Å². The first-order valence-electron chi connectivity index (χ1n) is 11.9. The highest BCUT2D eigenvalue weighted by atomic mass is 32.1. The number of hydrogen-bond acceptors (Lipinski definition) is 7. The van der Waals surface area contributed by atoms with E-state index in [-0.39, 0.29) is 30.4 Å². The number of thiazole rings is 1. The molecular weight excluding hydrogens is 462 g/mol. The highest BCUT2D eigenvalue weighted by Gasteiger charge is 2.37. The molecule has 2 aliphatic rings. The van der Waals surface area contributed by atoms with Gasteiger partial charge in [0.1, 0.15) is 10.8 Å². The highest BCUT2D eigenvalue weighted by Crippen LogP contribution is 2.33. The van der Waals surface area contributed by atoms with E-state index in [9.17, 15) is 9.59 Å². The van der Waals surface area contributed by atoms with Crippen LogP contribution in [0.1, 0.15) is 17.5 Å². The summed E-state index contributed by atoms with van der Waals surface area (Å²) >= 11 is 1.55. The SMILES string of the molecule is CN1CC(C(=O)N2CCC(c3nc(-c4ccncc4)cs3)N(C(=O)COc3ccccc3)CC2)C1. The van der Waals surface area contributed by atoms with Crippen molar-refractivity contribution in [3.8, 4) is 17.0 Å². The van der Waals surface area contributed by atoms with Gasteiger partial charge >= 0.3 is 0 Å². The van der Waals surface area contributed by atoms with Crippen LogP contribution >= 0.6 is 11.3 Å². The van der Waals surface area contributed by atoms with Crippen molar-refractivity contribution in [2.45, 2.75) is 12.5 Å². The molecule has 2 aromatic heterocycles. The van der Waals surface area contributed by atoms with E-state index < -0.39 is 0 Å². The van der Waals surface area contributed by atoms with Crippen molar-refractivity contribution >= 4 is 23.2 Å². The number of para-hydroxylation sites is 1. The first-order valence-corrected chi connectivity index (χ1v) is 12.8. The van der Waals surface area contributed by atoms with Crippen LogP contribution < -0.4 is 4.74 Å². The third kappa shape index (κ3) is 5.36. The Morgan fingerprint density at radius 2 is 1.83 bits per heavy atom. The van der Waals surface area contributed by atoms with Crippen LogP contribution in [0.15, 0.2) is 60.2 Å². The highest BCUT2D eigenvalue weighted by molar-refractivity contribution is 7.10. The Kier molecular flexibility index (Phi) is 7.06. The quantitative estimate of drug-likeness (QED) is 0.528. The molecule has 0 spiro atoms. The Morgan fingerprint density at radius 1 is 1.06 bits per heavy atom. The van der Waals surface area contributed by atoms with Crippen LogP contribution in [0.4, 0.5) is 0 Å². The fourth-order valence-corrected chi connectivity index (χ4v) is 5.63. The predicted molar refractivity (Wildman–Crippen MR) is 134 cm³/mol. The molecule has 0 aliphatic carbocycles. The Morgan fingerprint density at radius 3 is 2.57 bits per heavy atom. The van der Waals surface area contributed by atoms with Crippen molar-refractivity contribution in [1.29, 1.82) is 0 Å². The molecule has 2 aliphatic heterocycles. The van der Waals surface area contributed by atoms with Crippen molar-refractivity contribution in [2.75, 3.05) is 46.4 Å². The van der Waals surface area contributed by atoms with E-state index in [0.29, 0.717) is 31.8 Å². The van der Waals surface area contributed by atoms with Gasteiger partial charge in [-0.25, -0.2) is 4.98 Å². The number of benzene rings is 1. The average Bonchev–Trinajstić information content (AvgIpc) is 3.26. The lowest BCUT2D eigenvalue weighted by Crippen LogP contribution is -2.53. The second kappa shape index (κ2) is 10.5. The first-order chi connectivity index (χ1) is 17.1. The summed E-state index contributed by atoms with van der Waals surface area (Å²) in [5, 5.41) is 2.90. The molecule has 0 radical (unpaired) electrons. The molecule has 182 valence electrons. The predicted octanol–water partition coefficient (Wildman–Crippen LogP) is 2.95.